The van der Waals surface area contributed by atoms with Gasteiger partial charge in [-0.2, -0.15) is 0 Å². The molecule has 0 bridgehead atoms. The Morgan fingerprint density at radius 1 is 1.64 bits per heavy atom. The maximum absolute atomic E-state index is 4.21. The van der Waals surface area contributed by atoms with Gasteiger partial charge in [0, 0.05) is 5.70 Å². The molecule has 1 rings (SSSR count). The lowest BCUT2D eigenvalue weighted by molar-refractivity contribution is 0.998. The third-order valence-electron chi connectivity index (χ3n) is 1.59. The van der Waals surface area contributed by atoms with E-state index in [9.17, 15) is 0 Å². The van der Waals surface area contributed by atoms with Crippen LogP contribution in [0.2, 0.25) is 0 Å². The number of unbranched alkanes of at least 4 members (excludes halogenated alkanes) is 1. The molecule has 1 aliphatic rings. The minimum atomic E-state index is 0.822. The van der Waals surface area contributed by atoms with Crippen molar-refractivity contribution in [2.45, 2.75) is 19.8 Å². The Kier molecular flexibility index (Phi) is 2.90. The summed E-state index contributed by atoms with van der Waals surface area (Å²) in [7, 11) is 0. The van der Waals surface area contributed by atoms with Crippen LogP contribution in [-0.2, 0) is 0 Å². The maximum atomic E-state index is 4.21. The normalized spacial score (nSPS) is 19.7. The van der Waals surface area contributed by atoms with Gasteiger partial charge in [-0.25, -0.2) is 0 Å². The van der Waals surface area contributed by atoms with E-state index in [-0.39, 0.29) is 0 Å². The van der Waals surface area contributed by atoms with E-state index in [2.05, 4.69) is 23.0 Å². The highest BCUT2D eigenvalue weighted by Gasteiger charge is 2.03. The first-order valence-corrected chi connectivity index (χ1v) is 3.91. The summed E-state index contributed by atoms with van der Waals surface area (Å²) in [5, 5.41) is 3.19. The molecule has 0 spiro atoms. The second-order valence-electron chi connectivity index (χ2n) is 2.62. The van der Waals surface area contributed by atoms with Crippen molar-refractivity contribution in [2.75, 3.05) is 6.54 Å². The van der Waals surface area contributed by atoms with Crippen LogP contribution < -0.4 is 5.32 Å². The van der Waals surface area contributed by atoms with Crippen LogP contribution in [0.3, 0.4) is 0 Å². The first-order chi connectivity index (χ1) is 5.33. The highest BCUT2D eigenvalue weighted by molar-refractivity contribution is 5.83. The fraction of sp³-hybridized carbons (Fsp3) is 0.444. The highest BCUT2D eigenvalue weighted by Crippen LogP contribution is 2.02. The summed E-state index contributed by atoms with van der Waals surface area (Å²) in [6.45, 7) is 6.46. The third kappa shape index (κ3) is 2.58. The molecule has 0 radical (unpaired) electrons. The number of hydrogen-bond donors (Lipinski definition) is 1. The number of hydrogen-bond acceptors (Lipinski definition) is 2. The van der Waals surface area contributed by atoms with Crippen molar-refractivity contribution in [1.29, 1.82) is 0 Å². The number of nitrogens with one attached hydrogen (secondary N) is 1. The van der Waals surface area contributed by atoms with Gasteiger partial charge in [0.25, 0.3) is 0 Å². The Morgan fingerprint density at radius 3 is 3.00 bits per heavy atom. The second kappa shape index (κ2) is 3.96. The van der Waals surface area contributed by atoms with Crippen LogP contribution in [-0.4, -0.2) is 12.4 Å². The lowest BCUT2D eigenvalue weighted by atomic mass is 10.2. The monoisotopic (exact) mass is 150 g/mol. The molecule has 0 saturated heterocycles. The van der Waals surface area contributed by atoms with Crippen molar-refractivity contribution in [1.82, 2.24) is 5.32 Å². The quantitative estimate of drug-likeness (QED) is 0.482. The van der Waals surface area contributed by atoms with E-state index in [1.54, 1.807) is 0 Å². The van der Waals surface area contributed by atoms with Crippen LogP contribution in [0.25, 0.3) is 0 Å². The molecule has 0 aliphatic carbocycles. The lowest BCUT2D eigenvalue weighted by Crippen LogP contribution is -2.12. The molecule has 2 heteroatoms. The fourth-order valence-corrected chi connectivity index (χ4v) is 1.01. The van der Waals surface area contributed by atoms with Crippen molar-refractivity contribution >= 4 is 5.84 Å². The third-order valence-corrected chi connectivity index (χ3v) is 1.59. The fourth-order valence-electron chi connectivity index (χ4n) is 1.01. The minimum Gasteiger partial charge on any atom is -0.346 e. The van der Waals surface area contributed by atoms with Crippen LogP contribution in [0, 0.1) is 0 Å². The van der Waals surface area contributed by atoms with Crippen molar-refractivity contribution < 1.29 is 0 Å². The number of rotatable bonds is 3. The van der Waals surface area contributed by atoms with Gasteiger partial charge in [0.2, 0.25) is 0 Å². The molecule has 1 N–H and O–H groups in total. The van der Waals surface area contributed by atoms with E-state index in [0.29, 0.717) is 0 Å². The van der Waals surface area contributed by atoms with Gasteiger partial charge in [-0.3, -0.25) is 4.99 Å². The Morgan fingerprint density at radius 2 is 2.45 bits per heavy atom. The zero-order chi connectivity index (χ0) is 8.10. The summed E-state index contributed by atoms with van der Waals surface area (Å²) in [5.41, 5.74) is 1.23. The van der Waals surface area contributed by atoms with Gasteiger partial charge in [0.05, 0.1) is 12.4 Å². The van der Waals surface area contributed by atoms with Gasteiger partial charge in [-0.1, -0.05) is 12.2 Å². The molecule has 0 aromatic carbocycles. The molecule has 2 nitrogen and oxygen atoms in total. The standard InChI is InChI=1S/C9H14N2/c1-3-4-5-6-9-7-10-8(2)11-9/h3,6H,1,4-5,7H2,2H3,(H,10,11)/b9-6+. The lowest BCUT2D eigenvalue weighted by Gasteiger charge is -1.96. The predicted octanol–water partition coefficient (Wildman–Crippen LogP) is 1.86. The Balaban J connectivity index is 2.28. The SMILES string of the molecule is C=CCC/C=C1\CN=C(C)N1. The van der Waals surface area contributed by atoms with Crippen LogP contribution >= 0.6 is 0 Å². The van der Waals surface area contributed by atoms with Crippen LogP contribution in [0.15, 0.2) is 29.4 Å². The Bertz CT molecular complexity index is 202. The first kappa shape index (κ1) is 8.05. The van der Waals surface area contributed by atoms with E-state index < -0.39 is 0 Å². The average Bonchev–Trinajstić information content (AvgIpc) is 2.37. The van der Waals surface area contributed by atoms with E-state index in [4.69, 9.17) is 0 Å². The first-order valence-electron chi connectivity index (χ1n) is 3.91. The molecule has 1 aliphatic heterocycles. The molecular formula is C9H14N2. The molecule has 0 unspecified atom stereocenters. The summed E-state index contributed by atoms with van der Waals surface area (Å²) >= 11 is 0. The number of allylic oxidation sites excluding steroid dienone is 2. The molecule has 0 aromatic rings. The number of aliphatic imine (C=N–C) groups is 1. The predicted molar refractivity (Wildman–Crippen MR) is 48.6 cm³/mol. The maximum Gasteiger partial charge on any atom is 0.0978 e. The van der Waals surface area contributed by atoms with Crippen molar-refractivity contribution in [3.63, 3.8) is 0 Å². The summed E-state index contributed by atoms with van der Waals surface area (Å²) in [6.07, 6.45) is 6.22. The molecule has 60 valence electrons. The molecule has 0 aromatic heterocycles. The van der Waals surface area contributed by atoms with Gasteiger partial charge in [0.1, 0.15) is 0 Å². The topological polar surface area (TPSA) is 24.4 Å². The van der Waals surface area contributed by atoms with E-state index >= 15 is 0 Å². The van der Waals surface area contributed by atoms with E-state index in [1.807, 2.05) is 13.0 Å². The Labute approximate surface area is 67.7 Å². The molecular weight excluding hydrogens is 136 g/mol. The highest BCUT2D eigenvalue weighted by atomic mass is 15.1. The molecule has 0 amide bonds. The van der Waals surface area contributed by atoms with Gasteiger partial charge >= 0.3 is 0 Å². The molecule has 11 heavy (non-hydrogen) atoms. The van der Waals surface area contributed by atoms with Crippen LogP contribution in [0.4, 0.5) is 0 Å². The van der Waals surface area contributed by atoms with Crippen LogP contribution in [0.1, 0.15) is 19.8 Å². The van der Waals surface area contributed by atoms with Gasteiger partial charge in [-0.05, 0) is 19.8 Å². The number of amidine groups is 1. The summed E-state index contributed by atoms with van der Waals surface area (Å²) in [6, 6.07) is 0. The minimum absolute atomic E-state index is 0.822. The second-order valence-corrected chi connectivity index (χ2v) is 2.62. The largest absolute Gasteiger partial charge is 0.346 e. The van der Waals surface area contributed by atoms with Crippen molar-refractivity contribution in [3.05, 3.63) is 24.4 Å². The average molecular weight is 150 g/mol. The van der Waals surface area contributed by atoms with E-state index in [1.165, 1.54) is 5.70 Å². The summed E-state index contributed by atoms with van der Waals surface area (Å²) < 4.78 is 0. The van der Waals surface area contributed by atoms with Crippen molar-refractivity contribution in [2.24, 2.45) is 4.99 Å². The molecule has 0 saturated carbocycles. The van der Waals surface area contributed by atoms with Gasteiger partial charge < -0.3 is 5.32 Å². The van der Waals surface area contributed by atoms with Crippen LogP contribution in [0.5, 0.6) is 0 Å². The smallest absolute Gasteiger partial charge is 0.0978 e. The molecule has 1 heterocycles. The summed E-state index contributed by atoms with van der Waals surface area (Å²) in [5.74, 6) is 1.02. The Hall–Kier alpha value is -1.05. The molecule has 0 fully saturated rings. The zero-order valence-corrected chi connectivity index (χ0v) is 6.93. The van der Waals surface area contributed by atoms with Gasteiger partial charge in [-0.15, -0.1) is 6.58 Å². The molecule has 0 atom stereocenters. The zero-order valence-electron chi connectivity index (χ0n) is 6.93. The van der Waals surface area contributed by atoms with Gasteiger partial charge in [0.15, 0.2) is 0 Å². The van der Waals surface area contributed by atoms with E-state index in [0.717, 1.165) is 25.2 Å². The summed E-state index contributed by atoms with van der Waals surface area (Å²) in [4.78, 5) is 4.21. The number of nitrogens with zero attached hydrogens (tertiary/aromatic N) is 1. The van der Waals surface area contributed by atoms with Crippen molar-refractivity contribution in [3.8, 4) is 0 Å².